The molecule has 0 radical (unpaired) electrons. The minimum absolute atomic E-state index is 0.157. The van der Waals surface area contributed by atoms with Crippen molar-refractivity contribution >= 4 is 5.69 Å². The SMILES string of the molecule is CCCCOc1ccc(C#N)cc1[N+](=O)[O-]. The van der Waals surface area contributed by atoms with Gasteiger partial charge in [-0.3, -0.25) is 10.1 Å². The zero-order valence-electron chi connectivity index (χ0n) is 8.97. The summed E-state index contributed by atoms with van der Waals surface area (Å²) < 4.78 is 5.29. The molecule has 84 valence electrons. The summed E-state index contributed by atoms with van der Waals surface area (Å²) in [6.45, 7) is 2.46. The average Bonchev–Trinajstić information content (AvgIpc) is 2.29. The van der Waals surface area contributed by atoms with Crippen LogP contribution in [0, 0.1) is 21.4 Å². The van der Waals surface area contributed by atoms with E-state index in [9.17, 15) is 10.1 Å². The van der Waals surface area contributed by atoms with Crippen LogP contribution in [0.5, 0.6) is 5.75 Å². The highest BCUT2D eigenvalue weighted by Gasteiger charge is 2.15. The fourth-order valence-electron chi connectivity index (χ4n) is 1.18. The number of ether oxygens (including phenoxy) is 1. The van der Waals surface area contributed by atoms with Crippen molar-refractivity contribution in [1.82, 2.24) is 0 Å². The number of nitrogens with zero attached hydrogens (tertiary/aromatic N) is 2. The lowest BCUT2D eigenvalue weighted by molar-refractivity contribution is -0.385. The average molecular weight is 220 g/mol. The second-order valence-electron chi connectivity index (χ2n) is 3.25. The molecule has 0 aliphatic carbocycles. The van der Waals surface area contributed by atoms with Crippen molar-refractivity contribution in [3.63, 3.8) is 0 Å². The standard InChI is InChI=1S/C11H12N2O3/c1-2-3-6-16-11-5-4-9(8-12)7-10(11)13(14)15/h4-5,7H,2-3,6H2,1H3. The van der Waals surface area contributed by atoms with Crippen molar-refractivity contribution in [2.24, 2.45) is 0 Å². The Kier molecular flexibility index (Phi) is 4.28. The van der Waals surface area contributed by atoms with Crippen molar-refractivity contribution in [2.45, 2.75) is 19.8 Å². The highest BCUT2D eigenvalue weighted by molar-refractivity contribution is 5.51. The number of nitriles is 1. The Morgan fingerprint density at radius 1 is 1.56 bits per heavy atom. The van der Waals surface area contributed by atoms with E-state index in [-0.39, 0.29) is 17.0 Å². The molecule has 0 spiro atoms. The predicted molar refractivity (Wildman–Crippen MR) is 58.2 cm³/mol. The number of benzene rings is 1. The Labute approximate surface area is 93.4 Å². The first kappa shape index (κ1) is 12.0. The van der Waals surface area contributed by atoms with Crippen molar-refractivity contribution < 1.29 is 9.66 Å². The van der Waals surface area contributed by atoms with E-state index in [0.717, 1.165) is 12.8 Å². The molecule has 0 unspecified atom stereocenters. The first-order valence-electron chi connectivity index (χ1n) is 5.00. The Hall–Kier alpha value is -2.09. The lowest BCUT2D eigenvalue weighted by Crippen LogP contribution is -2.00. The molecular formula is C11H12N2O3. The number of nitro groups is 1. The van der Waals surface area contributed by atoms with E-state index in [4.69, 9.17) is 10.00 Å². The number of rotatable bonds is 5. The minimum atomic E-state index is -0.540. The number of nitro benzene ring substituents is 1. The third-order valence-corrected chi connectivity index (χ3v) is 2.04. The molecule has 0 bridgehead atoms. The lowest BCUT2D eigenvalue weighted by Gasteiger charge is -2.05. The predicted octanol–water partition coefficient (Wildman–Crippen LogP) is 2.65. The summed E-state index contributed by atoms with van der Waals surface area (Å²) in [5.74, 6) is 0.220. The van der Waals surface area contributed by atoms with Crippen LogP contribution in [-0.2, 0) is 0 Å². The molecule has 0 N–H and O–H groups in total. The zero-order valence-corrected chi connectivity index (χ0v) is 8.97. The Morgan fingerprint density at radius 2 is 2.31 bits per heavy atom. The molecule has 5 heteroatoms. The first-order valence-corrected chi connectivity index (χ1v) is 5.00. The van der Waals surface area contributed by atoms with E-state index in [2.05, 4.69) is 0 Å². The second-order valence-corrected chi connectivity index (χ2v) is 3.25. The van der Waals surface area contributed by atoms with Crippen LogP contribution in [0.4, 0.5) is 5.69 Å². The maximum absolute atomic E-state index is 10.7. The number of hydrogen-bond acceptors (Lipinski definition) is 4. The van der Waals surface area contributed by atoms with Crippen molar-refractivity contribution in [3.05, 3.63) is 33.9 Å². The summed E-state index contributed by atoms with van der Waals surface area (Å²) in [6.07, 6.45) is 1.81. The fourth-order valence-corrected chi connectivity index (χ4v) is 1.18. The highest BCUT2D eigenvalue weighted by atomic mass is 16.6. The quantitative estimate of drug-likeness (QED) is 0.434. The van der Waals surface area contributed by atoms with Crippen LogP contribution in [0.15, 0.2) is 18.2 Å². The van der Waals surface area contributed by atoms with E-state index in [1.54, 1.807) is 0 Å². The van der Waals surface area contributed by atoms with Crippen LogP contribution >= 0.6 is 0 Å². The molecule has 0 aliphatic heterocycles. The van der Waals surface area contributed by atoms with Gasteiger partial charge in [-0.2, -0.15) is 5.26 Å². The molecule has 1 aromatic rings. The lowest BCUT2D eigenvalue weighted by atomic mass is 10.2. The maximum Gasteiger partial charge on any atom is 0.312 e. The van der Waals surface area contributed by atoms with Gasteiger partial charge in [0.1, 0.15) is 0 Å². The smallest absolute Gasteiger partial charge is 0.312 e. The molecule has 0 aromatic heterocycles. The molecule has 0 heterocycles. The largest absolute Gasteiger partial charge is 0.487 e. The molecule has 0 atom stereocenters. The number of hydrogen-bond donors (Lipinski definition) is 0. The number of unbranched alkanes of at least 4 members (excludes halogenated alkanes) is 1. The van der Waals surface area contributed by atoms with Crippen LogP contribution in [0.2, 0.25) is 0 Å². The molecule has 5 nitrogen and oxygen atoms in total. The normalized spacial score (nSPS) is 9.50. The minimum Gasteiger partial charge on any atom is -0.487 e. The molecule has 0 saturated heterocycles. The van der Waals surface area contributed by atoms with E-state index >= 15 is 0 Å². The molecule has 0 saturated carbocycles. The van der Waals surface area contributed by atoms with Gasteiger partial charge in [-0.05, 0) is 18.6 Å². The van der Waals surface area contributed by atoms with Gasteiger partial charge in [0.2, 0.25) is 0 Å². The van der Waals surface area contributed by atoms with Gasteiger partial charge in [0, 0.05) is 6.07 Å². The third kappa shape index (κ3) is 2.95. The summed E-state index contributed by atoms with van der Waals surface area (Å²) >= 11 is 0. The maximum atomic E-state index is 10.7. The van der Waals surface area contributed by atoms with Gasteiger partial charge in [0.15, 0.2) is 5.75 Å². The topological polar surface area (TPSA) is 76.2 Å². The monoisotopic (exact) mass is 220 g/mol. The Balaban J connectivity index is 2.91. The fraction of sp³-hybridized carbons (Fsp3) is 0.364. The Bertz CT molecular complexity index is 424. The summed E-state index contributed by atoms with van der Waals surface area (Å²) in [5.41, 5.74) is 0.102. The molecule has 1 aromatic carbocycles. The van der Waals surface area contributed by atoms with Crippen LogP contribution in [0.25, 0.3) is 0 Å². The molecular weight excluding hydrogens is 208 g/mol. The Morgan fingerprint density at radius 3 is 2.88 bits per heavy atom. The van der Waals surface area contributed by atoms with Gasteiger partial charge in [-0.15, -0.1) is 0 Å². The van der Waals surface area contributed by atoms with Crippen LogP contribution in [-0.4, -0.2) is 11.5 Å². The van der Waals surface area contributed by atoms with Crippen LogP contribution in [0.1, 0.15) is 25.3 Å². The molecule has 1 rings (SSSR count). The summed E-state index contributed by atoms with van der Waals surface area (Å²) in [5, 5.41) is 19.4. The summed E-state index contributed by atoms with van der Waals surface area (Å²) in [7, 11) is 0. The first-order chi connectivity index (χ1) is 7.69. The molecule has 0 amide bonds. The van der Waals surface area contributed by atoms with Crippen molar-refractivity contribution in [2.75, 3.05) is 6.61 Å². The van der Waals surface area contributed by atoms with E-state index in [0.29, 0.717) is 6.61 Å². The van der Waals surface area contributed by atoms with Gasteiger partial charge < -0.3 is 4.74 Å². The zero-order chi connectivity index (χ0) is 12.0. The van der Waals surface area contributed by atoms with Crippen LogP contribution < -0.4 is 4.74 Å². The van der Waals surface area contributed by atoms with Gasteiger partial charge in [-0.25, -0.2) is 0 Å². The van der Waals surface area contributed by atoms with Gasteiger partial charge in [0.05, 0.1) is 23.2 Å². The molecule has 0 aliphatic rings. The third-order valence-electron chi connectivity index (χ3n) is 2.04. The van der Waals surface area contributed by atoms with E-state index < -0.39 is 4.92 Å². The van der Waals surface area contributed by atoms with Gasteiger partial charge in [-0.1, -0.05) is 13.3 Å². The molecule has 16 heavy (non-hydrogen) atoms. The van der Waals surface area contributed by atoms with Gasteiger partial charge >= 0.3 is 5.69 Å². The van der Waals surface area contributed by atoms with Crippen molar-refractivity contribution in [3.8, 4) is 11.8 Å². The summed E-state index contributed by atoms with van der Waals surface area (Å²) in [4.78, 5) is 10.2. The summed E-state index contributed by atoms with van der Waals surface area (Å²) in [6, 6.07) is 6.05. The van der Waals surface area contributed by atoms with E-state index in [1.807, 2.05) is 13.0 Å². The van der Waals surface area contributed by atoms with Crippen LogP contribution in [0.3, 0.4) is 0 Å². The van der Waals surface area contributed by atoms with Gasteiger partial charge in [0.25, 0.3) is 0 Å². The van der Waals surface area contributed by atoms with Crippen molar-refractivity contribution in [1.29, 1.82) is 5.26 Å². The second kappa shape index (κ2) is 5.71. The highest BCUT2D eigenvalue weighted by Crippen LogP contribution is 2.27. The molecule has 0 fully saturated rings. The van der Waals surface area contributed by atoms with E-state index in [1.165, 1.54) is 18.2 Å².